The molecule has 3 rings (SSSR count). The van der Waals surface area contributed by atoms with Crippen LogP contribution in [0, 0.1) is 10.1 Å². The lowest BCUT2D eigenvalue weighted by molar-refractivity contribution is -0.385. The topological polar surface area (TPSA) is 72.2 Å². The van der Waals surface area contributed by atoms with Gasteiger partial charge in [0.25, 0.3) is 5.69 Å². The quantitative estimate of drug-likeness (QED) is 0.429. The minimum atomic E-state index is -0.453. The summed E-state index contributed by atoms with van der Waals surface area (Å²) in [5.41, 5.74) is 2.64. The van der Waals surface area contributed by atoms with Crippen LogP contribution in [0.15, 0.2) is 66.0 Å². The van der Waals surface area contributed by atoms with Crippen LogP contribution in [0.5, 0.6) is 0 Å². The SMILES string of the molecule is CCCc1ccc(C(NC(=O)Cc2ccccc2[N+](=O)[O-])c2cccs2)cc1. The zero-order valence-corrected chi connectivity index (χ0v) is 16.4. The summed E-state index contributed by atoms with van der Waals surface area (Å²) in [6, 6.07) is 18.3. The lowest BCUT2D eigenvalue weighted by Crippen LogP contribution is -2.30. The maximum absolute atomic E-state index is 12.7. The van der Waals surface area contributed by atoms with Crippen molar-refractivity contribution < 1.29 is 9.72 Å². The number of nitrogens with one attached hydrogen (secondary N) is 1. The molecule has 0 fully saturated rings. The molecular formula is C22H22N2O3S. The lowest BCUT2D eigenvalue weighted by Gasteiger charge is -2.19. The predicted molar refractivity (Wildman–Crippen MR) is 112 cm³/mol. The molecule has 0 radical (unpaired) electrons. The fourth-order valence-corrected chi connectivity index (χ4v) is 3.97. The number of hydrogen-bond acceptors (Lipinski definition) is 4. The molecule has 28 heavy (non-hydrogen) atoms. The van der Waals surface area contributed by atoms with Crippen LogP contribution in [0.3, 0.4) is 0 Å². The van der Waals surface area contributed by atoms with Gasteiger partial charge in [-0.1, -0.05) is 61.9 Å². The first kappa shape index (κ1) is 19.8. The summed E-state index contributed by atoms with van der Waals surface area (Å²) in [4.78, 5) is 24.5. The van der Waals surface area contributed by atoms with Gasteiger partial charge in [-0.25, -0.2) is 0 Å². The second-order valence-corrected chi connectivity index (χ2v) is 7.55. The normalized spacial score (nSPS) is 11.8. The minimum absolute atomic E-state index is 0.0331. The molecule has 0 aliphatic carbocycles. The Hall–Kier alpha value is -2.99. The van der Waals surface area contributed by atoms with E-state index < -0.39 is 4.92 Å². The van der Waals surface area contributed by atoms with Crippen molar-refractivity contribution in [3.05, 3.63) is 97.7 Å². The molecule has 0 bridgehead atoms. The van der Waals surface area contributed by atoms with E-state index in [1.54, 1.807) is 29.5 Å². The summed E-state index contributed by atoms with van der Waals surface area (Å²) < 4.78 is 0. The molecule has 3 aromatic rings. The second-order valence-electron chi connectivity index (χ2n) is 6.57. The van der Waals surface area contributed by atoms with Crippen molar-refractivity contribution in [2.45, 2.75) is 32.2 Å². The third kappa shape index (κ3) is 4.84. The molecule has 0 saturated carbocycles. The molecule has 1 unspecified atom stereocenters. The molecule has 1 atom stereocenters. The van der Waals surface area contributed by atoms with Gasteiger partial charge in [0.1, 0.15) is 0 Å². The molecule has 0 saturated heterocycles. The first-order valence-electron chi connectivity index (χ1n) is 9.22. The summed E-state index contributed by atoms with van der Waals surface area (Å²) in [5.74, 6) is -0.245. The minimum Gasteiger partial charge on any atom is -0.344 e. The number of amides is 1. The number of benzene rings is 2. The van der Waals surface area contributed by atoms with E-state index in [0.29, 0.717) is 5.56 Å². The van der Waals surface area contributed by atoms with Gasteiger partial charge in [0, 0.05) is 16.5 Å². The van der Waals surface area contributed by atoms with Crippen LogP contribution in [0.2, 0.25) is 0 Å². The average molecular weight is 394 g/mol. The Morgan fingerprint density at radius 1 is 1.11 bits per heavy atom. The number of aryl methyl sites for hydroxylation is 1. The molecule has 1 amide bonds. The Bertz CT molecular complexity index is 937. The number of nitrogens with zero attached hydrogens (tertiary/aromatic N) is 1. The van der Waals surface area contributed by atoms with E-state index in [1.807, 2.05) is 29.6 Å². The predicted octanol–water partition coefficient (Wildman–Crippen LogP) is 5.06. The number of nitro groups is 1. The number of carbonyl (C=O) groups is 1. The number of nitro benzene ring substituents is 1. The fourth-order valence-electron chi connectivity index (χ4n) is 3.16. The van der Waals surface area contributed by atoms with Crippen molar-refractivity contribution in [3.63, 3.8) is 0 Å². The largest absolute Gasteiger partial charge is 0.344 e. The van der Waals surface area contributed by atoms with E-state index in [2.05, 4.69) is 24.4 Å². The average Bonchev–Trinajstić information content (AvgIpc) is 3.22. The second kappa shape index (κ2) is 9.28. The van der Waals surface area contributed by atoms with E-state index in [9.17, 15) is 14.9 Å². The third-order valence-electron chi connectivity index (χ3n) is 4.52. The number of hydrogen-bond donors (Lipinski definition) is 1. The molecule has 1 heterocycles. The van der Waals surface area contributed by atoms with E-state index in [4.69, 9.17) is 0 Å². The van der Waals surface area contributed by atoms with E-state index in [0.717, 1.165) is 23.3 Å². The van der Waals surface area contributed by atoms with E-state index >= 15 is 0 Å². The highest BCUT2D eigenvalue weighted by Gasteiger charge is 2.21. The van der Waals surface area contributed by atoms with Gasteiger partial charge in [-0.3, -0.25) is 14.9 Å². The highest BCUT2D eigenvalue weighted by atomic mass is 32.1. The summed E-state index contributed by atoms with van der Waals surface area (Å²) >= 11 is 1.57. The third-order valence-corrected chi connectivity index (χ3v) is 5.46. The molecule has 0 aliphatic rings. The molecule has 1 N–H and O–H groups in total. The molecule has 0 spiro atoms. The number of rotatable bonds is 8. The monoisotopic (exact) mass is 394 g/mol. The molecule has 144 valence electrons. The van der Waals surface area contributed by atoms with Crippen molar-refractivity contribution in [2.24, 2.45) is 0 Å². The van der Waals surface area contributed by atoms with Crippen LogP contribution >= 0.6 is 11.3 Å². The number of thiophene rings is 1. The zero-order valence-electron chi connectivity index (χ0n) is 15.6. The Morgan fingerprint density at radius 3 is 2.50 bits per heavy atom. The lowest BCUT2D eigenvalue weighted by atomic mass is 10.0. The van der Waals surface area contributed by atoms with Gasteiger partial charge in [0.2, 0.25) is 5.91 Å². The van der Waals surface area contributed by atoms with Crippen LogP contribution in [-0.2, 0) is 17.6 Å². The van der Waals surface area contributed by atoms with Crippen molar-refractivity contribution >= 4 is 22.9 Å². The van der Waals surface area contributed by atoms with Gasteiger partial charge in [-0.05, 0) is 29.0 Å². The standard InChI is InChI=1S/C22H22N2O3S/c1-2-6-16-10-12-17(13-11-16)22(20-9-5-14-28-20)23-21(25)15-18-7-3-4-8-19(18)24(26)27/h3-5,7-14,22H,2,6,15H2,1H3,(H,23,25). The van der Waals surface area contributed by atoms with Crippen molar-refractivity contribution in [1.29, 1.82) is 0 Å². The van der Waals surface area contributed by atoms with Crippen LogP contribution < -0.4 is 5.32 Å². The Labute approximate surface area is 168 Å². The summed E-state index contributed by atoms with van der Waals surface area (Å²) in [7, 11) is 0. The van der Waals surface area contributed by atoms with Crippen LogP contribution in [0.4, 0.5) is 5.69 Å². The summed E-state index contributed by atoms with van der Waals surface area (Å²) in [5, 5.41) is 16.2. The summed E-state index contributed by atoms with van der Waals surface area (Å²) in [6.45, 7) is 2.14. The Balaban J connectivity index is 1.81. The van der Waals surface area contributed by atoms with Gasteiger partial charge in [-0.2, -0.15) is 0 Å². The van der Waals surface area contributed by atoms with Crippen LogP contribution in [0.1, 0.15) is 41.0 Å². The van der Waals surface area contributed by atoms with Crippen molar-refractivity contribution in [3.8, 4) is 0 Å². The Kier molecular flexibility index (Phi) is 6.55. The van der Waals surface area contributed by atoms with Gasteiger partial charge in [0.05, 0.1) is 17.4 Å². The zero-order chi connectivity index (χ0) is 19.9. The fraction of sp³-hybridized carbons (Fsp3) is 0.227. The number of carbonyl (C=O) groups excluding carboxylic acids is 1. The van der Waals surface area contributed by atoms with Gasteiger partial charge in [0.15, 0.2) is 0 Å². The van der Waals surface area contributed by atoms with E-state index in [1.165, 1.54) is 11.6 Å². The maximum Gasteiger partial charge on any atom is 0.273 e. The molecule has 1 aromatic heterocycles. The van der Waals surface area contributed by atoms with Gasteiger partial charge >= 0.3 is 0 Å². The van der Waals surface area contributed by atoms with E-state index in [-0.39, 0.29) is 24.1 Å². The first-order valence-corrected chi connectivity index (χ1v) is 10.1. The Morgan fingerprint density at radius 2 is 1.86 bits per heavy atom. The smallest absolute Gasteiger partial charge is 0.273 e. The van der Waals surface area contributed by atoms with Crippen LogP contribution in [0.25, 0.3) is 0 Å². The molecule has 2 aromatic carbocycles. The molecule has 6 heteroatoms. The molecule has 5 nitrogen and oxygen atoms in total. The highest BCUT2D eigenvalue weighted by molar-refractivity contribution is 7.10. The van der Waals surface area contributed by atoms with Crippen LogP contribution in [-0.4, -0.2) is 10.8 Å². The van der Waals surface area contributed by atoms with Crippen molar-refractivity contribution in [2.75, 3.05) is 0 Å². The summed E-state index contributed by atoms with van der Waals surface area (Å²) in [6.07, 6.45) is 2.07. The van der Waals surface area contributed by atoms with Gasteiger partial charge < -0.3 is 5.32 Å². The highest BCUT2D eigenvalue weighted by Crippen LogP contribution is 2.27. The maximum atomic E-state index is 12.7. The molecular weight excluding hydrogens is 372 g/mol. The van der Waals surface area contributed by atoms with Crippen molar-refractivity contribution in [1.82, 2.24) is 5.32 Å². The first-order chi connectivity index (χ1) is 13.6. The van der Waals surface area contributed by atoms with Gasteiger partial charge in [-0.15, -0.1) is 11.3 Å². The number of para-hydroxylation sites is 1. The molecule has 0 aliphatic heterocycles.